The van der Waals surface area contributed by atoms with E-state index in [9.17, 15) is 9.18 Å². The first-order chi connectivity index (χ1) is 8.16. The van der Waals surface area contributed by atoms with Crippen molar-refractivity contribution in [2.45, 2.75) is 6.92 Å². The van der Waals surface area contributed by atoms with Gasteiger partial charge in [0.25, 0.3) is 5.91 Å². The SMILES string of the molecule is Cc1cc(C(=O)Nc2ccccn2)ccc1F. The zero-order valence-electron chi connectivity index (χ0n) is 9.27. The fourth-order valence-corrected chi connectivity index (χ4v) is 1.41. The molecular weight excluding hydrogens is 219 g/mol. The van der Waals surface area contributed by atoms with E-state index in [1.54, 1.807) is 31.3 Å². The van der Waals surface area contributed by atoms with E-state index in [0.717, 1.165) is 0 Å². The molecule has 1 amide bonds. The summed E-state index contributed by atoms with van der Waals surface area (Å²) in [5.74, 6) is -0.148. The Kier molecular flexibility index (Phi) is 3.14. The molecule has 0 atom stereocenters. The number of nitrogens with zero attached hydrogens (tertiary/aromatic N) is 1. The maximum atomic E-state index is 13.0. The maximum Gasteiger partial charge on any atom is 0.256 e. The fourth-order valence-electron chi connectivity index (χ4n) is 1.41. The van der Waals surface area contributed by atoms with E-state index in [1.807, 2.05) is 0 Å². The smallest absolute Gasteiger partial charge is 0.256 e. The number of amides is 1. The lowest BCUT2D eigenvalue weighted by molar-refractivity contribution is 0.102. The van der Waals surface area contributed by atoms with Gasteiger partial charge < -0.3 is 5.32 Å². The molecular formula is C13H11FN2O. The molecule has 0 bridgehead atoms. The normalized spacial score (nSPS) is 10.0. The number of benzene rings is 1. The van der Waals surface area contributed by atoms with Crippen LogP contribution in [0.4, 0.5) is 10.2 Å². The standard InChI is InChI=1S/C13H11FN2O/c1-9-8-10(5-6-11(9)14)13(17)16-12-4-2-3-7-15-12/h2-8H,1H3,(H,15,16,17). The molecule has 1 N–H and O–H groups in total. The van der Waals surface area contributed by atoms with Crippen LogP contribution in [0.1, 0.15) is 15.9 Å². The molecule has 2 rings (SSSR count). The first-order valence-corrected chi connectivity index (χ1v) is 5.15. The summed E-state index contributed by atoms with van der Waals surface area (Å²) in [6.45, 7) is 1.62. The van der Waals surface area contributed by atoms with E-state index in [2.05, 4.69) is 10.3 Å². The Labute approximate surface area is 98.3 Å². The third-order valence-corrected chi connectivity index (χ3v) is 2.33. The van der Waals surface area contributed by atoms with Crippen molar-refractivity contribution >= 4 is 11.7 Å². The number of halogens is 1. The van der Waals surface area contributed by atoms with Crippen LogP contribution in [-0.4, -0.2) is 10.9 Å². The van der Waals surface area contributed by atoms with Gasteiger partial charge in [-0.3, -0.25) is 4.79 Å². The van der Waals surface area contributed by atoms with Gasteiger partial charge in [-0.05, 0) is 42.8 Å². The van der Waals surface area contributed by atoms with Gasteiger partial charge in [0, 0.05) is 11.8 Å². The number of pyridine rings is 1. The lowest BCUT2D eigenvalue weighted by Gasteiger charge is -2.05. The van der Waals surface area contributed by atoms with Crippen molar-refractivity contribution in [3.8, 4) is 0 Å². The van der Waals surface area contributed by atoms with Crippen molar-refractivity contribution < 1.29 is 9.18 Å². The lowest BCUT2D eigenvalue weighted by atomic mass is 10.1. The Morgan fingerprint density at radius 3 is 2.76 bits per heavy atom. The minimum atomic E-state index is -0.320. The van der Waals surface area contributed by atoms with Crippen molar-refractivity contribution in [2.75, 3.05) is 5.32 Å². The van der Waals surface area contributed by atoms with Crippen LogP contribution in [0, 0.1) is 12.7 Å². The predicted molar refractivity (Wildman–Crippen MR) is 63.3 cm³/mol. The molecule has 0 aliphatic heterocycles. The van der Waals surface area contributed by atoms with Gasteiger partial charge in [0.1, 0.15) is 11.6 Å². The molecule has 86 valence electrons. The molecule has 0 unspecified atom stereocenters. The van der Waals surface area contributed by atoms with E-state index >= 15 is 0 Å². The van der Waals surface area contributed by atoms with Crippen molar-refractivity contribution in [3.05, 3.63) is 59.5 Å². The van der Waals surface area contributed by atoms with E-state index < -0.39 is 0 Å². The second-order valence-electron chi connectivity index (χ2n) is 3.63. The van der Waals surface area contributed by atoms with Gasteiger partial charge in [-0.25, -0.2) is 9.37 Å². The third-order valence-electron chi connectivity index (χ3n) is 2.33. The molecule has 0 saturated heterocycles. The van der Waals surface area contributed by atoms with Gasteiger partial charge in [-0.15, -0.1) is 0 Å². The van der Waals surface area contributed by atoms with Crippen molar-refractivity contribution in [2.24, 2.45) is 0 Å². The van der Waals surface area contributed by atoms with Gasteiger partial charge in [0.15, 0.2) is 0 Å². The molecule has 1 aromatic carbocycles. The second-order valence-corrected chi connectivity index (χ2v) is 3.63. The highest BCUT2D eigenvalue weighted by Gasteiger charge is 2.08. The summed E-state index contributed by atoms with van der Waals surface area (Å²) in [5, 5.41) is 2.63. The zero-order valence-corrected chi connectivity index (χ0v) is 9.27. The number of aromatic nitrogens is 1. The summed E-state index contributed by atoms with van der Waals surface area (Å²) < 4.78 is 13.0. The van der Waals surface area contributed by atoms with Crippen molar-refractivity contribution in [1.82, 2.24) is 4.98 Å². The van der Waals surface area contributed by atoms with E-state index in [4.69, 9.17) is 0 Å². The van der Waals surface area contributed by atoms with Crippen molar-refractivity contribution in [1.29, 1.82) is 0 Å². The molecule has 0 fully saturated rings. The van der Waals surface area contributed by atoms with Crippen LogP contribution >= 0.6 is 0 Å². The number of carbonyl (C=O) groups excluding carboxylic acids is 1. The first kappa shape index (κ1) is 11.3. The van der Waals surface area contributed by atoms with Crippen LogP contribution < -0.4 is 5.32 Å². The molecule has 0 aliphatic carbocycles. The first-order valence-electron chi connectivity index (χ1n) is 5.15. The molecule has 2 aromatic rings. The highest BCUT2D eigenvalue weighted by Crippen LogP contribution is 2.11. The summed E-state index contributed by atoms with van der Waals surface area (Å²) in [6, 6.07) is 9.46. The molecule has 0 spiro atoms. The molecule has 0 radical (unpaired) electrons. The summed E-state index contributed by atoms with van der Waals surface area (Å²) in [7, 11) is 0. The van der Waals surface area contributed by atoms with E-state index in [0.29, 0.717) is 16.9 Å². The van der Waals surface area contributed by atoms with Crippen LogP contribution in [0.5, 0.6) is 0 Å². The third kappa shape index (κ3) is 2.66. The van der Waals surface area contributed by atoms with Gasteiger partial charge >= 0.3 is 0 Å². The topological polar surface area (TPSA) is 42.0 Å². The Bertz CT molecular complexity index is 540. The molecule has 17 heavy (non-hydrogen) atoms. The molecule has 4 heteroatoms. The quantitative estimate of drug-likeness (QED) is 0.861. The van der Waals surface area contributed by atoms with Crippen LogP contribution in [0.15, 0.2) is 42.6 Å². The second kappa shape index (κ2) is 4.74. The highest BCUT2D eigenvalue weighted by molar-refractivity contribution is 6.03. The minimum Gasteiger partial charge on any atom is -0.307 e. The minimum absolute atomic E-state index is 0.299. The maximum absolute atomic E-state index is 13.0. The number of hydrogen-bond acceptors (Lipinski definition) is 2. The Hall–Kier alpha value is -2.23. The molecule has 0 aliphatic rings. The van der Waals surface area contributed by atoms with Crippen LogP contribution in [-0.2, 0) is 0 Å². The van der Waals surface area contributed by atoms with Crippen LogP contribution in [0.3, 0.4) is 0 Å². The van der Waals surface area contributed by atoms with Gasteiger partial charge in [0.05, 0.1) is 0 Å². The molecule has 1 aromatic heterocycles. The van der Waals surface area contributed by atoms with E-state index in [1.165, 1.54) is 18.2 Å². The number of carbonyl (C=O) groups is 1. The molecule has 0 saturated carbocycles. The molecule has 1 heterocycles. The van der Waals surface area contributed by atoms with Gasteiger partial charge in [0.2, 0.25) is 0 Å². The summed E-state index contributed by atoms with van der Waals surface area (Å²) >= 11 is 0. The number of aryl methyl sites for hydroxylation is 1. The van der Waals surface area contributed by atoms with Gasteiger partial charge in [-0.1, -0.05) is 6.07 Å². The Morgan fingerprint density at radius 2 is 2.12 bits per heavy atom. The van der Waals surface area contributed by atoms with E-state index in [-0.39, 0.29) is 11.7 Å². The number of hydrogen-bond donors (Lipinski definition) is 1. The zero-order chi connectivity index (χ0) is 12.3. The lowest BCUT2D eigenvalue weighted by Crippen LogP contribution is -2.13. The largest absolute Gasteiger partial charge is 0.307 e. The molecule has 3 nitrogen and oxygen atoms in total. The predicted octanol–water partition coefficient (Wildman–Crippen LogP) is 2.78. The van der Waals surface area contributed by atoms with Gasteiger partial charge in [-0.2, -0.15) is 0 Å². The highest BCUT2D eigenvalue weighted by atomic mass is 19.1. The average molecular weight is 230 g/mol. The van der Waals surface area contributed by atoms with Crippen LogP contribution in [0.2, 0.25) is 0 Å². The summed E-state index contributed by atoms with van der Waals surface area (Å²) in [6.07, 6.45) is 1.59. The number of nitrogens with one attached hydrogen (secondary N) is 1. The Balaban J connectivity index is 2.18. The monoisotopic (exact) mass is 230 g/mol. The average Bonchev–Trinajstić information content (AvgIpc) is 2.34. The number of anilines is 1. The number of rotatable bonds is 2. The summed E-state index contributed by atoms with van der Waals surface area (Å²) in [4.78, 5) is 15.8. The summed E-state index contributed by atoms with van der Waals surface area (Å²) in [5.41, 5.74) is 0.855. The van der Waals surface area contributed by atoms with Crippen molar-refractivity contribution in [3.63, 3.8) is 0 Å². The fraction of sp³-hybridized carbons (Fsp3) is 0.0769. The Morgan fingerprint density at radius 1 is 1.29 bits per heavy atom. The van der Waals surface area contributed by atoms with Crippen LogP contribution in [0.25, 0.3) is 0 Å².